The van der Waals surface area contributed by atoms with Crippen LogP contribution in [0.1, 0.15) is 45.4 Å². The van der Waals surface area contributed by atoms with E-state index < -0.39 is 18.2 Å². The topological polar surface area (TPSA) is 128 Å². The number of carboxylic acids is 1. The van der Waals surface area contributed by atoms with Crippen molar-refractivity contribution < 1.29 is 32.7 Å². The van der Waals surface area contributed by atoms with Crippen LogP contribution in [0.2, 0.25) is 0 Å². The van der Waals surface area contributed by atoms with Crippen molar-refractivity contribution in [3.63, 3.8) is 0 Å². The van der Waals surface area contributed by atoms with Crippen LogP contribution in [-0.4, -0.2) is 70.1 Å². The molecule has 0 spiro atoms. The summed E-state index contributed by atoms with van der Waals surface area (Å²) in [6.07, 6.45) is -0.748. The molecule has 2 aliphatic rings. The first kappa shape index (κ1) is 23.7. The van der Waals surface area contributed by atoms with E-state index in [1.54, 1.807) is 4.90 Å². The molecule has 0 aliphatic carbocycles. The highest BCUT2D eigenvalue weighted by molar-refractivity contribution is 5.84. The summed E-state index contributed by atoms with van der Waals surface area (Å²) in [6.45, 7) is 3.46. The number of carbonyl (C=O) groups excluding carboxylic acids is 2. The van der Waals surface area contributed by atoms with Crippen molar-refractivity contribution in [3.8, 4) is 6.07 Å². The summed E-state index contributed by atoms with van der Waals surface area (Å²) in [7, 11) is 0. The fourth-order valence-corrected chi connectivity index (χ4v) is 3.23. The number of aliphatic carboxylic acids is 1. The minimum Gasteiger partial charge on any atom is -0.475 e. The van der Waals surface area contributed by atoms with Gasteiger partial charge in [0.05, 0.1) is 12.1 Å². The number of carbonyl (C=O) groups is 3. The first-order chi connectivity index (χ1) is 13.0. The summed E-state index contributed by atoms with van der Waals surface area (Å²) < 4.78 is 31.7. The van der Waals surface area contributed by atoms with Gasteiger partial charge in [-0.05, 0) is 39.0 Å². The highest BCUT2D eigenvalue weighted by atomic mass is 19.4. The third kappa shape index (κ3) is 6.67. The normalized spacial score (nSPS) is 22.9. The smallest absolute Gasteiger partial charge is 0.475 e. The number of carboxylic acid groups (broad SMARTS) is 1. The molecule has 0 bridgehead atoms. The fraction of sp³-hybridized carbons (Fsp3) is 0.765. The summed E-state index contributed by atoms with van der Waals surface area (Å²) in [4.78, 5) is 36.7. The van der Waals surface area contributed by atoms with E-state index in [0.29, 0.717) is 25.4 Å². The lowest BCUT2D eigenvalue weighted by atomic mass is 10.1. The minimum absolute atomic E-state index is 0.0847. The molecule has 1 unspecified atom stereocenters. The zero-order valence-corrected chi connectivity index (χ0v) is 15.6. The van der Waals surface area contributed by atoms with Crippen molar-refractivity contribution in [1.82, 2.24) is 9.80 Å². The summed E-state index contributed by atoms with van der Waals surface area (Å²) in [5, 5.41) is 16.1. The second-order valence-corrected chi connectivity index (χ2v) is 6.85. The van der Waals surface area contributed by atoms with E-state index in [4.69, 9.17) is 20.9 Å². The molecule has 2 saturated heterocycles. The molecule has 2 aliphatic heterocycles. The molecule has 2 heterocycles. The Balaban J connectivity index is 0.000000480. The van der Waals surface area contributed by atoms with E-state index in [1.165, 1.54) is 0 Å². The van der Waals surface area contributed by atoms with Gasteiger partial charge >= 0.3 is 12.1 Å². The Morgan fingerprint density at radius 2 is 1.75 bits per heavy atom. The van der Waals surface area contributed by atoms with Crippen molar-refractivity contribution in [2.75, 3.05) is 13.1 Å². The molecule has 0 saturated carbocycles. The first-order valence-electron chi connectivity index (χ1n) is 9.04. The van der Waals surface area contributed by atoms with Gasteiger partial charge in [0.25, 0.3) is 0 Å². The lowest BCUT2D eigenvalue weighted by Gasteiger charge is -2.25. The molecule has 11 heteroatoms. The molecule has 28 heavy (non-hydrogen) atoms. The van der Waals surface area contributed by atoms with Crippen molar-refractivity contribution in [3.05, 3.63) is 0 Å². The zero-order chi connectivity index (χ0) is 21.5. The van der Waals surface area contributed by atoms with E-state index in [-0.39, 0.29) is 17.9 Å². The first-order valence-corrected chi connectivity index (χ1v) is 9.04. The number of nitrogens with two attached hydrogens (primary N) is 1. The molecule has 0 aromatic heterocycles. The Morgan fingerprint density at radius 1 is 1.21 bits per heavy atom. The van der Waals surface area contributed by atoms with Crippen LogP contribution in [0.15, 0.2) is 0 Å². The van der Waals surface area contributed by atoms with Gasteiger partial charge in [0.1, 0.15) is 6.04 Å². The number of rotatable bonds is 4. The molecular formula is C17H25F3N4O4. The van der Waals surface area contributed by atoms with Crippen molar-refractivity contribution in [2.24, 2.45) is 5.73 Å². The Hall–Kier alpha value is -2.35. The van der Waals surface area contributed by atoms with E-state index >= 15 is 0 Å². The maximum Gasteiger partial charge on any atom is 0.490 e. The van der Waals surface area contributed by atoms with Gasteiger partial charge < -0.3 is 20.6 Å². The van der Waals surface area contributed by atoms with Gasteiger partial charge in [-0.2, -0.15) is 18.4 Å². The van der Waals surface area contributed by atoms with Crippen LogP contribution >= 0.6 is 0 Å². The van der Waals surface area contributed by atoms with E-state index in [0.717, 1.165) is 32.2 Å². The number of amides is 2. The van der Waals surface area contributed by atoms with E-state index in [1.807, 2.05) is 4.90 Å². The van der Waals surface area contributed by atoms with Gasteiger partial charge in [-0.15, -0.1) is 0 Å². The summed E-state index contributed by atoms with van der Waals surface area (Å²) in [5.74, 6) is -2.87. The number of halogens is 3. The highest BCUT2D eigenvalue weighted by Crippen LogP contribution is 2.20. The van der Waals surface area contributed by atoms with Crippen molar-refractivity contribution >= 4 is 17.8 Å². The monoisotopic (exact) mass is 406 g/mol. The molecular weight excluding hydrogens is 381 g/mol. The third-order valence-corrected chi connectivity index (χ3v) is 4.79. The van der Waals surface area contributed by atoms with Crippen molar-refractivity contribution in [2.45, 2.75) is 69.8 Å². The predicted molar refractivity (Wildman–Crippen MR) is 91.7 cm³/mol. The molecule has 0 radical (unpaired) electrons. The Morgan fingerprint density at radius 3 is 2.21 bits per heavy atom. The SMILES string of the molecule is C[C@@H]1CCCN1C(=O)CCC(N)C(=O)N1CCC[C@H]1C#N.O=C(O)C(F)(F)F. The third-order valence-electron chi connectivity index (χ3n) is 4.79. The lowest BCUT2D eigenvalue weighted by molar-refractivity contribution is -0.192. The molecule has 2 fully saturated rings. The van der Waals surface area contributed by atoms with Crippen LogP contribution in [0.25, 0.3) is 0 Å². The molecule has 0 aromatic rings. The molecule has 3 atom stereocenters. The Kier molecular flexibility index (Phi) is 8.68. The quantitative estimate of drug-likeness (QED) is 0.723. The number of nitriles is 1. The average Bonchev–Trinajstić information content (AvgIpc) is 3.26. The fourth-order valence-electron chi connectivity index (χ4n) is 3.23. The largest absolute Gasteiger partial charge is 0.490 e. The molecule has 2 amide bonds. The Bertz CT molecular complexity index is 621. The maximum atomic E-state index is 12.2. The number of nitrogens with zero attached hydrogens (tertiary/aromatic N) is 3. The minimum atomic E-state index is -5.08. The number of hydrogen-bond donors (Lipinski definition) is 2. The molecule has 2 rings (SSSR count). The van der Waals surface area contributed by atoms with Crippen LogP contribution < -0.4 is 5.73 Å². The summed E-state index contributed by atoms with van der Waals surface area (Å²) in [6, 6.07) is 1.41. The van der Waals surface area contributed by atoms with Crippen LogP contribution in [0.3, 0.4) is 0 Å². The average molecular weight is 406 g/mol. The van der Waals surface area contributed by atoms with Crippen molar-refractivity contribution in [1.29, 1.82) is 5.26 Å². The number of hydrogen-bond acceptors (Lipinski definition) is 5. The predicted octanol–water partition coefficient (Wildman–Crippen LogP) is 1.25. The second kappa shape index (κ2) is 10.3. The molecule has 3 N–H and O–H groups in total. The highest BCUT2D eigenvalue weighted by Gasteiger charge is 2.38. The van der Waals surface area contributed by atoms with Crippen LogP contribution in [0, 0.1) is 11.3 Å². The molecule has 8 nitrogen and oxygen atoms in total. The maximum absolute atomic E-state index is 12.2. The van der Waals surface area contributed by atoms with Gasteiger partial charge in [-0.3, -0.25) is 9.59 Å². The second-order valence-electron chi connectivity index (χ2n) is 6.85. The van der Waals surface area contributed by atoms with Gasteiger partial charge in [-0.1, -0.05) is 0 Å². The molecule has 158 valence electrons. The van der Waals surface area contributed by atoms with Gasteiger partial charge in [0.15, 0.2) is 0 Å². The Labute approximate surface area is 161 Å². The summed E-state index contributed by atoms with van der Waals surface area (Å²) >= 11 is 0. The van der Waals surface area contributed by atoms with Crippen LogP contribution in [0.4, 0.5) is 13.2 Å². The van der Waals surface area contributed by atoms with Crippen LogP contribution in [0.5, 0.6) is 0 Å². The van der Waals surface area contributed by atoms with E-state index in [2.05, 4.69) is 13.0 Å². The molecule has 0 aromatic carbocycles. The van der Waals surface area contributed by atoms with E-state index in [9.17, 15) is 22.8 Å². The van der Waals surface area contributed by atoms with Gasteiger partial charge in [0.2, 0.25) is 11.8 Å². The summed E-state index contributed by atoms with van der Waals surface area (Å²) in [5.41, 5.74) is 5.92. The van der Waals surface area contributed by atoms with Gasteiger partial charge in [-0.25, -0.2) is 4.79 Å². The van der Waals surface area contributed by atoms with Crippen LogP contribution in [-0.2, 0) is 14.4 Å². The lowest BCUT2D eigenvalue weighted by Crippen LogP contribution is -2.46. The zero-order valence-electron chi connectivity index (χ0n) is 15.6. The van der Waals surface area contributed by atoms with Gasteiger partial charge in [0, 0.05) is 25.6 Å². The standard InChI is InChI=1S/C15H24N4O2.C2HF3O2/c1-11-4-2-8-18(11)14(20)7-6-13(17)15(21)19-9-3-5-12(19)10-16;3-2(4,5)1(6)7/h11-13H,2-9,17H2,1H3;(H,6,7)/t11-,12+,13?;/m1./s1. The number of likely N-dealkylation sites (tertiary alicyclic amines) is 2. The number of alkyl halides is 3.